The number of carbonyl (C=O) groups excluding carboxylic acids is 1. The maximum Gasteiger partial charge on any atom is 0.251 e. The molecule has 0 saturated carbocycles. The number of amides is 1. The molecule has 1 atom stereocenters. The largest absolute Gasteiger partial charge is 0.495 e. The number of hydrogen-bond acceptors (Lipinski definition) is 6. The molecule has 0 radical (unpaired) electrons. The van der Waals surface area contributed by atoms with E-state index in [4.69, 9.17) is 14.2 Å². The molecule has 2 N–H and O–H groups in total. The first-order valence-corrected chi connectivity index (χ1v) is 12.1. The smallest absolute Gasteiger partial charge is 0.251 e. The van der Waals surface area contributed by atoms with Crippen LogP contribution in [0, 0.1) is 0 Å². The average molecular weight is 465 g/mol. The molecule has 9 heteroatoms. The van der Waals surface area contributed by atoms with Crippen molar-refractivity contribution in [2.45, 2.75) is 44.6 Å². The highest BCUT2D eigenvalue weighted by atomic mass is 32.2. The van der Waals surface area contributed by atoms with E-state index in [9.17, 15) is 13.2 Å². The van der Waals surface area contributed by atoms with E-state index in [2.05, 4.69) is 10.0 Å². The van der Waals surface area contributed by atoms with Crippen molar-refractivity contribution in [1.29, 1.82) is 0 Å². The van der Waals surface area contributed by atoms with Crippen LogP contribution < -0.4 is 24.2 Å². The second kappa shape index (κ2) is 11.7. The Kier molecular flexibility index (Phi) is 9.34. The lowest BCUT2D eigenvalue weighted by Crippen LogP contribution is -2.27. The van der Waals surface area contributed by atoms with E-state index in [1.54, 1.807) is 0 Å². The van der Waals surface area contributed by atoms with Gasteiger partial charge in [0, 0.05) is 5.56 Å². The molecular formula is C23H32N2O6S. The number of hydrogen-bond donors (Lipinski definition) is 2. The Bertz CT molecular complexity index is 1020. The van der Waals surface area contributed by atoms with E-state index in [0.29, 0.717) is 24.7 Å². The Labute approximate surface area is 190 Å². The van der Waals surface area contributed by atoms with Crippen LogP contribution in [0.3, 0.4) is 0 Å². The van der Waals surface area contributed by atoms with Crippen molar-refractivity contribution in [3.63, 3.8) is 0 Å². The lowest BCUT2D eigenvalue weighted by atomic mass is 10.1. The van der Waals surface area contributed by atoms with E-state index in [1.165, 1.54) is 32.4 Å². The lowest BCUT2D eigenvalue weighted by Gasteiger charge is -2.18. The van der Waals surface area contributed by atoms with Crippen molar-refractivity contribution in [3.8, 4) is 17.2 Å². The Morgan fingerprint density at radius 2 is 1.59 bits per heavy atom. The third-order valence-corrected chi connectivity index (χ3v) is 6.16. The molecular weight excluding hydrogens is 432 g/mol. The van der Waals surface area contributed by atoms with Gasteiger partial charge in [0.05, 0.1) is 26.4 Å². The van der Waals surface area contributed by atoms with Gasteiger partial charge in [0.2, 0.25) is 10.0 Å². The highest BCUT2D eigenvalue weighted by Gasteiger charge is 2.21. The predicted molar refractivity (Wildman–Crippen MR) is 123 cm³/mol. The Morgan fingerprint density at radius 1 is 0.969 bits per heavy atom. The van der Waals surface area contributed by atoms with Gasteiger partial charge >= 0.3 is 0 Å². The van der Waals surface area contributed by atoms with Gasteiger partial charge in [-0.05, 0) is 62.7 Å². The van der Waals surface area contributed by atoms with Crippen LogP contribution in [0.4, 0.5) is 0 Å². The fraction of sp³-hybridized carbons (Fsp3) is 0.435. The van der Waals surface area contributed by atoms with Crippen LogP contribution in [0.2, 0.25) is 0 Å². The van der Waals surface area contributed by atoms with Crippen LogP contribution in [-0.2, 0) is 10.0 Å². The molecule has 0 fully saturated rings. The van der Waals surface area contributed by atoms with Crippen molar-refractivity contribution in [3.05, 3.63) is 47.5 Å². The summed E-state index contributed by atoms with van der Waals surface area (Å²) in [7, 11) is -1.12. The van der Waals surface area contributed by atoms with E-state index in [0.717, 1.165) is 18.4 Å². The minimum atomic E-state index is -3.79. The molecule has 0 aromatic heterocycles. The first-order valence-electron chi connectivity index (χ1n) is 10.6. The summed E-state index contributed by atoms with van der Waals surface area (Å²) in [5.74, 6) is 1.05. The minimum Gasteiger partial charge on any atom is -0.495 e. The molecule has 0 spiro atoms. The quantitative estimate of drug-likeness (QED) is 0.497. The third kappa shape index (κ3) is 6.37. The van der Waals surface area contributed by atoms with Crippen molar-refractivity contribution < 1.29 is 27.4 Å². The molecule has 0 bridgehead atoms. The number of methoxy groups -OCH3 is 1. The van der Waals surface area contributed by atoms with Gasteiger partial charge in [-0.1, -0.05) is 19.9 Å². The van der Waals surface area contributed by atoms with Crippen molar-refractivity contribution in [2.24, 2.45) is 0 Å². The van der Waals surface area contributed by atoms with Crippen LogP contribution in [0.1, 0.15) is 55.6 Å². The maximum absolute atomic E-state index is 12.8. The van der Waals surface area contributed by atoms with Crippen molar-refractivity contribution >= 4 is 15.9 Å². The highest BCUT2D eigenvalue weighted by Crippen LogP contribution is 2.31. The van der Waals surface area contributed by atoms with Gasteiger partial charge in [-0.3, -0.25) is 4.79 Å². The Balaban J connectivity index is 2.26. The zero-order chi connectivity index (χ0) is 23.7. The standard InChI is InChI=1S/C23H32N2O6S/c1-6-12-30-19-10-8-17(14-21(19)31-13-7-2)16(3)25-23(26)18-9-11-20(29-5)22(15-18)32(27,28)24-4/h8-11,14-16,24H,6-7,12-13H2,1-5H3,(H,25,26)/t16-/m1/s1. The molecule has 8 nitrogen and oxygen atoms in total. The fourth-order valence-electron chi connectivity index (χ4n) is 2.95. The molecule has 0 unspecified atom stereocenters. The summed E-state index contributed by atoms with van der Waals surface area (Å²) < 4.78 is 43.5. The second-order valence-corrected chi connectivity index (χ2v) is 9.03. The van der Waals surface area contributed by atoms with Crippen LogP contribution in [-0.4, -0.2) is 41.7 Å². The van der Waals surface area contributed by atoms with Gasteiger partial charge in [0.15, 0.2) is 11.5 Å². The normalized spacial score (nSPS) is 12.2. The van der Waals surface area contributed by atoms with Gasteiger partial charge in [0.1, 0.15) is 10.6 Å². The number of ether oxygens (including phenoxy) is 3. The van der Waals surface area contributed by atoms with Crippen LogP contribution >= 0.6 is 0 Å². The summed E-state index contributed by atoms with van der Waals surface area (Å²) in [6.45, 7) is 7.05. The summed E-state index contributed by atoms with van der Waals surface area (Å²) >= 11 is 0. The number of rotatable bonds is 12. The molecule has 0 aliphatic rings. The molecule has 2 aromatic carbocycles. The molecule has 1 amide bonds. The average Bonchev–Trinajstić information content (AvgIpc) is 2.80. The number of benzene rings is 2. The highest BCUT2D eigenvalue weighted by molar-refractivity contribution is 7.89. The number of carbonyl (C=O) groups is 1. The third-order valence-electron chi connectivity index (χ3n) is 4.72. The summed E-state index contributed by atoms with van der Waals surface area (Å²) in [6.07, 6.45) is 1.74. The summed E-state index contributed by atoms with van der Waals surface area (Å²) in [5.41, 5.74) is 1.04. The molecule has 176 valence electrons. The van der Waals surface area contributed by atoms with Gasteiger partial charge in [0.25, 0.3) is 5.91 Å². The Morgan fingerprint density at radius 3 is 2.19 bits per heavy atom. The first-order chi connectivity index (χ1) is 15.3. The molecule has 32 heavy (non-hydrogen) atoms. The Hall–Kier alpha value is -2.78. The van der Waals surface area contributed by atoms with E-state index in [1.807, 2.05) is 39.0 Å². The van der Waals surface area contributed by atoms with Gasteiger partial charge in [-0.25, -0.2) is 13.1 Å². The summed E-state index contributed by atoms with van der Waals surface area (Å²) in [6, 6.07) is 9.50. The van der Waals surface area contributed by atoms with E-state index < -0.39 is 15.9 Å². The van der Waals surface area contributed by atoms with Crippen molar-refractivity contribution in [2.75, 3.05) is 27.4 Å². The van der Waals surface area contributed by atoms with Crippen LogP contribution in [0.15, 0.2) is 41.3 Å². The van der Waals surface area contributed by atoms with Gasteiger partial charge in [-0.2, -0.15) is 0 Å². The van der Waals surface area contributed by atoms with Crippen LogP contribution in [0.5, 0.6) is 17.2 Å². The lowest BCUT2D eigenvalue weighted by molar-refractivity contribution is 0.0939. The minimum absolute atomic E-state index is 0.101. The molecule has 0 aliphatic carbocycles. The fourth-order valence-corrected chi connectivity index (χ4v) is 3.87. The monoisotopic (exact) mass is 464 g/mol. The maximum atomic E-state index is 12.8. The van der Waals surface area contributed by atoms with Gasteiger partial charge < -0.3 is 19.5 Å². The topological polar surface area (TPSA) is 103 Å². The molecule has 0 saturated heterocycles. The molecule has 2 aromatic rings. The summed E-state index contributed by atoms with van der Waals surface area (Å²) in [5, 5.41) is 2.90. The first kappa shape index (κ1) is 25.5. The van der Waals surface area contributed by atoms with Gasteiger partial charge in [-0.15, -0.1) is 0 Å². The van der Waals surface area contributed by atoms with Crippen molar-refractivity contribution in [1.82, 2.24) is 10.0 Å². The zero-order valence-corrected chi connectivity index (χ0v) is 20.0. The molecule has 0 aliphatic heterocycles. The molecule has 2 rings (SSSR count). The second-order valence-electron chi connectivity index (χ2n) is 7.17. The number of sulfonamides is 1. The molecule has 0 heterocycles. The zero-order valence-electron chi connectivity index (χ0n) is 19.2. The SMILES string of the molecule is CCCOc1ccc([C@@H](C)NC(=O)c2ccc(OC)c(S(=O)(=O)NC)c2)cc1OCCC. The summed E-state index contributed by atoms with van der Waals surface area (Å²) in [4.78, 5) is 12.7. The predicted octanol–water partition coefficient (Wildman–Crippen LogP) is 3.67. The van der Waals surface area contributed by atoms with Crippen LogP contribution in [0.25, 0.3) is 0 Å². The number of nitrogens with one attached hydrogen (secondary N) is 2. The van der Waals surface area contributed by atoms with E-state index >= 15 is 0 Å². The van der Waals surface area contributed by atoms with E-state index in [-0.39, 0.29) is 22.3 Å².